The summed E-state index contributed by atoms with van der Waals surface area (Å²) in [4.78, 5) is 0. The molecule has 5 heteroatoms. The van der Waals surface area contributed by atoms with E-state index in [1.807, 2.05) is 0 Å². The van der Waals surface area contributed by atoms with Crippen molar-refractivity contribution in [1.82, 2.24) is 4.31 Å². The van der Waals surface area contributed by atoms with E-state index in [1.54, 1.807) is 4.31 Å². The summed E-state index contributed by atoms with van der Waals surface area (Å²) in [5.41, 5.74) is 5.69. The van der Waals surface area contributed by atoms with Crippen LogP contribution in [0.5, 0.6) is 0 Å². The van der Waals surface area contributed by atoms with Crippen LogP contribution in [0.4, 0.5) is 0 Å². The van der Waals surface area contributed by atoms with Crippen LogP contribution in [0.2, 0.25) is 0 Å². The van der Waals surface area contributed by atoms with Crippen molar-refractivity contribution >= 4 is 10.0 Å². The lowest BCUT2D eigenvalue weighted by molar-refractivity contribution is 0.141. The second-order valence-corrected chi connectivity index (χ2v) is 6.80. The minimum absolute atomic E-state index is 0.0816. The fourth-order valence-corrected chi connectivity index (χ4v) is 3.77. The molecule has 16 heavy (non-hydrogen) atoms. The monoisotopic (exact) mass is 248 g/mol. The standard InChI is InChI=1S/C11H24N2O2S/c1-3-11(4-2)5-8-13(9-6-11)16(14,15)10-7-12/h3-10,12H2,1-2H3. The molecule has 0 aromatic heterocycles. The second kappa shape index (κ2) is 5.47. The van der Waals surface area contributed by atoms with Crippen molar-refractivity contribution in [1.29, 1.82) is 0 Å². The Labute approximate surface area is 99.2 Å². The van der Waals surface area contributed by atoms with E-state index < -0.39 is 10.0 Å². The van der Waals surface area contributed by atoms with Gasteiger partial charge in [0.2, 0.25) is 10.0 Å². The molecule has 0 radical (unpaired) electrons. The van der Waals surface area contributed by atoms with Crippen LogP contribution in [-0.2, 0) is 10.0 Å². The Morgan fingerprint density at radius 1 is 1.19 bits per heavy atom. The first-order valence-electron chi connectivity index (χ1n) is 6.17. The minimum atomic E-state index is -3.09. The molecule has 0 spiro atoms. The summed E-state index contributed by atoms with van der Waals surface area (Å²) in [6.07, 6.45) is 4.27. The van der Waals surface area contributed by atoms with Gasteiger partial charge in [-0.05, 0) is 18.3 Å². The summed E-state index contributed by atoms with van der Waals surface area (Å²) in [5.74, 6) is 0.0816. The summed E-state index contributed by atoms with van der Waals surface area (Å²) in [6, 6.07) is 0. The maximum absolute atomic E-state index is 11.8. The number of rotatable bonds is 5. The third kappa shape index (κ3) is 2.96. The van der Waals surface area contributed by atoms with Crippen LogP contribution >= 0.6 is 0 Å². The van der Waals surface area contributed by atoms with Gasteiger partial charge in [-0.3, -0.25) is 0 Å². The van der Waals surface area contributed by atoms with Crippen LogP contribution in [0.1, 0.15) is 39.5 Å². The molecule has 1 fully saturated rings. The van der Waals surface area contributed by atoms with E-state index in [1.165, 1.54) is 0 Å². The van der Waals surface area contributed by atoms with Crippen molar-refractivity contribution in [2.45, 2.75) is 39.5 Å². The Morgan fingerprint density at radius 3 is 2.06 bits per heavy atom. The third-order valence-corrected chi connectivity index (χ3v) is 5.96. The van der Waals surface area contributed by atoms with E-state index >= 15 is 0 Å². The highest BCUT2D eigenvalue weighted by molar-refractivity contribution is 7.89. The van der Waals surface area contributed by atoms with Gasteiger partial charge in [-0.1, -0.05) is 26.7 Å². The molecule has 4 nitrogen and oxygen atoms in total. The molecule has 0 bridgehead atoms. The van der Waals surface area contributed by atoms with E-state index in [2.05, 4.69) is 13.8 Å². The molecule has 1 rings (SSSR count). The fraction of sp³-hybridized carbons (Fsp3) is 1.00. The Bertz CT molecular complexity index is 300. The number of nitrogens with zero attached hydrogens (tertiary/aromatic N) is 1. The Kier molecular flexibility index (Phi) is 4.76. The van der Waals surface area contributed by atoms with Crippen molar-refractivity contribution in [3.8, 4) is 0 Å². The maximum atomic E-state index is 11.8. The van der Waals surface area contributed by atoms with Gasteiger partial charge in [-0.25, -0.2) is 12.7 Å². The molecule has 0 unspecified atom stereocenters. The van der Waals surface area contributed by atoms with Crippen LogP contribution in [0.15, 0.2) is 0 Å². The highest BCUT2D eigenvalue weighted by Crippen LogP contribution is 2.38. The van der Waals surface area contributed by atoms with Crippen molar-refractivity contribution < 1.29 is 8.42 Å². The molecule has 0 amide bonds. The van der Waals surface area contributed by atoms with Crippen LogP contribution in [0.3, 0.4) is 0 Å². The summed E-state index contributed by atoms with van der Waals surface area (Å²) in [6.45, 7) is 5.96. The molecule has 0 aromatic rings. The number of sulfonamides is 1. The Hall–Kier alpha value is -0.130. The topological polar surface area (TPSA) is 63.4 Å². The molecule has 2 N–H and O–H groups in total. The lowest BCUT2D eigenvalue weighted by Gasteiger charge is -2.40. The van der Waals surface area contributed by atoms with E-state index in [0.717, 1.165) is 25.7 Å². The lowest BCUT2D eigenvalue weighted by Crippen LogP contribution is -2.44. The van der Waals surface area contributed by atoms with Gasteiger partial charge in [0.25, 0.3) is 0 Å². The van der Waals surface area contributed by atoms with Crippen LogP contribution < -0.4 is 5.73 Å². The first-order valence-corrected chi connectivity index (χ1v) is 7.78. The van der Waals surface area contributed by atoms with Gasteiger partial charge >= 0.3 is 0 Å². The lowest BCUT2D eigenvalue weighted by atomic mass is 9.75. The van der Waals surface area contributed by atoms with Gasteiger partial charge in [-0.15, -0.1) is 0 Å². The number of nitrogens with two attached hydrogens (primary N) is 1. The van der Waals surface area contributed by atoms with Gasteiger partial charge in [0, 0.05) is 19.6 Å². The summed E-state index contributed by atoms with van der Waals surface area (Å²) in [5, 5.41) is 0. The van der Waals surface area contributed by atoms with Crippen LogP contribution in [0.25, 0.3) is 0 Å². The van der Waals surface area contributed by atoms with Gasteiger partial charge in [0.05, 0.1) is 5.75 Å². The van der Waals surface area contributed by atoms with Gasteiger partial charge in [0.15, 0.2) is 0 Å². The van der Waals surface area contributed by atoms with E-state index in [9.17, 15) is 8.42 Å². The highest BCUT2D eigenvalue weighted by atomic mass is 32.2. The molecule has 1 aliphatic rings. The van der Waals surface area contributed by atoms with Crippen molar-refractivity contribution in [3.05, 3.63) is 0 Å². The van der Waals surface area contributed by atoms with Crippen LogP contribution in [-0.4, -0.2) is 38.1 Å². The largest absolute Gasteiger partial charge is 0.329 e. The van der Waals surface area contributed by atoms with Gasteiger partial charge < -0.3 is 5.73 Å². The van der Waals surface area contributed by atoms with Crippen molar-refractivity contribution in [3.63, 3.8) is 0 Å². The summed E-state index contributed by atoms with van der Waals surface area (Å²) < 4.78 is 25.3. The van der Waals surface area contributed by atoms with Gasteiger partial charge in [0.1, 0.15) is 0 Å². The second-order valence-electron chi connectivity index (χ2n) is 4.71. The molecule has 0 aliphatic carbocycles. The zero-order valence-corrected chi connectivity index (χ0v) is 11.2. The fourth-order valence-electron chi connectivity index (χ4n) is 2.47. The molecule has 96 valence electrons. The van der Waals surface area contributed by atoms with Crippen LogP contribution in [0, 0.1) is 5.41 Å². The maximum Gasteiger partial charge on any atom is 0.215 e. The predicted molar refractivity (Wildman–Crippen MR) is 66.7 cm³/mol. The molecule has 1 heterocycles. The average Bonchev–Trinajstić information content (AvgIpc) is 2.29. The predicted octanol–water partition coefficient (Wildman–Crippen LogP) is 1.18. The van der Waals surface area contributed by atoms with E-state index in [4.69, 9.17) is 5.73 Å². The zero-order valence-electron chi connectivity index (χ0n) is 10.4. The molecular formula is C11H24N2O2S. The quantitative estimate of drug-likeness (QED) is 0.794. The van der Waals surface area contributed by atoms with E-state index in [-0.39, 0.29) is 12.3 Å². The van der Waals surface area contributed by atoms with Gasteiger partial charge in [-0.2, -0.15) is 0 Å². The average molecular weight is 248 g/mol. The normalized spacial score (nSPS) is 22.2. The van der Waals surface area contributed by atoms with Crippen molar-refractivity contribution in [2.24, 2.45) is 11.1 Å². The summed E-state index contributed by atoms with van der Waals surface area (Å²) >= 11 is 0. The highest BCUT2D eigenvalue weighted by Gasteiger charge is 2.35. The Morgan fingerprint density at radius 2 is 1.69 bits per heavy atom. The SMILES string of the molecule is CCC1(CC)CCN(S(=O)(=O)CCN)CC1. The molecule has 1 saturated heterocycles. The first kappa shape index (κ1) is 13.9. The Balaban J connectivity index is 2.61. The molecule has 0 saturated carbocycles. The van der Waals surface area contributed by atoms with E-state index in [0.29, 0.717) is 18.5 Å². The smallest absolute Gasteiger partial charge is 0.215 e. The zero-order chi connectivity index (χ0) is 12.2. The number of hydrogen-bond acceptors (Lipinski definition) is 3. The first-order chi connectivity index (χ1) is 7.49. The number of piperidine rings is 1. The molecular weight excluding hydrogens is 224 g/mol. The molecule has 0 aromatic carbocycles. The summed E-state index contributed by atoms with van der Waals surface area (Å²) in [7, 11) is -3.09. The third-order valence-electron chi connectivity index (χ3n) is 4.05. The minimum Gasteiger partial charge on any atom is -0.329 e. The molecule has 1 aliphatic heterocycles. The van der Waals surface area contributed by atoms with Crippen molar-refractivity contribution in [2.75, 3.05) is 25.4 Å². The number of hydrogen-bond donors (Lipinski definition) is 1. The molecule has 0 atom stereocenters.